The summed E-state index contributed by atoms with van der Waals surface area (Å²) in [5.41, 5.74) is 1.33. The Kier molecular flexibility index (Phi) is 4.52. The van der Waals surface area contributed by atoms with Crippen LogP contribution >= 0.6 is 0 Å². The van der Waals surface area contributed by atoms with Crippen molar-refractivity contribution < 1.29 is 18.7 Å². The molecule has 0 N–H and O–H groups in total. The van der Waals surface area contributed by atoms with Crippen LogP contribution in [0.5, 0.6) is 11.5 Å². The number of benzene rings is 2. The van der Waals surface area contributed by atoms with E-state index in [-0.39, 0.29) is 17.9 Å². The predicted octanol–water partition coefficient (Wildman–Crippen LogP) is 3.10. The van der Waals surface area contributed by atoms with Gasteiger partial charge in [-0.2, -0.15) is 5.26 Å². The van der Waals surface area contributed by atoms with E-state index in [4.69, 9.17) is 14.7 Å². The summed E-state index contributed by atoms with van der Waals surface area (Å²) < 4.78 is 23.9. The van der Waals surface area contributed by atoms with E-state index in [1.807, 2.05) is 6.07 Å². The summed E-state index contributed by atoms with van der Waals surface area (Å²) >= 11 is 0. The third-order valence-corrected chi connectivity index (χ3v) is 2.83. The summed E-state index contributed by atoms with van der Waals surface area (Å²) in [6, 6.07) is 10.7. The zero-order valence-electron chi connectivity index (χ0n) is 11.3. The highest BCUT2D eigenvalue weighted by Gasteiger charge is 2.07. The Balaban J connectivity index is 2.21. The molecule has 0 aliphatic carbocycles. The highest BCUT2D eigenvalue weighted by Crippen LogP contribution is 2.23. The van der Waals surface area contributed by atoms with Crippen molar-refractivity contribution in [2.24, 2.45) is 0 Å². The van der Waals surface area contributed by atoms with E-state index in [0.29, 0.717) is 23.2 Å². The van der Waals surface area contributed by atoms with Crippen molar-refractivity contribution in [2.75, 3.05) is 7.11 Å². The molecule has 2 rings (SSSR count). The number of methoxy groups -OCH3 is 1. The van der Waals surface area contributed by atoms with E-state index < -0.39 is 5.82 Å². The molecule has 0 heterocycles. The Morgan fingerprint density at radius 3 is 2.76 bits per heavy atom. The van der Waals surface area contributed by atoms with Crippen molar-refractivity contribution in [1.29, 1.82) is 5.26 Å². The van der Waals surface area contributed by atoms with Gasteiger partial charge in [-0.1, -0.05) is 0 Å². The highest BCUT2D eigenvalue weighted by atomic mass is 19.1. The first-order valence-corrected chi connectivity index (χ1v) is 6.12. The lowest BCUT2D eigenvalue weighted by atomic mass is 10.1. The number of carbonyl (C=O) groups excluding carboxylic acids is 1. The summed E-state index contributed by atoms with van der Waals surface area (Å²) in [5.74, 6) is 0.259. The first kappa shape index (κ1) is 14.5. The molecule has 0 amide bonds. The summed E-state index contributed by atoms with van der Waals surface area (Å²) in [7, 11) is 1.51. The molecule has 0 unspecified atom stereocenters. The monoisotopic (exact) mass is 285 g/mol. The molecule has 0 fully saturated rings. The number of nitriles is 1. The van der Waals surface area contributed by atoms with Crippen molar-refractivity contribution in [3.05, 3.63) is 58.9 Å². The molecule has 21 heavy (non-hydrogen) atoms. The third kappa shape index (κ3) is 3.57. The highest BCUT2D eigenvalue weighted by molar-refractivity contribution is 5.75. The van der Waals surface area contributed by atoms with Gasteiger partial charge in [0.05, 0.1) is 18.7 Å². The van der Waals surface area contributed by atoms with Gasteiger partial charge in [0.1, 0.15) is 30.2 Å². The molecule has 2 aromatic carbocycles. The van der Waals surface area contributed by atoms with Crippen molar-refractivity contribution in [2.45, 2.75) is 6.61 Å². The van der Waals surface area contributed by atoms with E-state index >= 15 is 0 Å². The maximum absolute atomic E-state index is 13.3. The van der Waals surface area contributed by atoms with Crippen molar-refractivity contribution in [3.63, 3.8) is 0 Å². The Morgan fingerprint density at radius 1 is 1.29 bits per heavy atom. The number of hydrogen-bond donors (Lipinski definition) is 0. The van der Waals surface area contributed by atoms with Crippen molar-refractivity contribution in [1.82, 2.24) is 0 Å². The molecule has 0 radical (unpaired) electrons. The lowest BCUT2D eigenvalue weighted by Crippen LogP contribution is -2.00. The fourth-order valence-electron chi connectivity index (χ4n) is 1.86. The smallest absolute Gasteiger partial charge is 0.150 e. The minimum atomic E-state index is -0.549. The molecule has 0 bridgehead atoms. The first-order chi connectivity index (χ1) is 10.2. The van der Waals surface area contributed by atoms with Crippen molar-refractivity contribution in [3.8, 4) is 17.6 Å². The molecule has 106 valence electrons. The summed E-state index contributed by atoms with van der Waals surface area (Å²) in [5, 5.41) is 8.90. The van der Waals surface area contributed by atoms with Crippen LogP contribution in [0.4, 0.5) is 4.39 Å². The minimum absolute atomic E-state index is 0.0977. The van der Waals surface area contributed by atoms with Gasteiger partial charge in [0.2, 0.25) is 0 Å². The van der Waals surface area contributed by atoms with Gasteiger partial charge in [-0.25, -0.2) is 4.39 Å². The van der Waals surface area contributed by atoms with Crippen LogP contribution in [0.2, 0.25) is 0 Å². The first-order valence-electron chi connectivity index (χ1n) is 6.12. The summed E-state index contributed by atoms with van der Waals surface area (Å²) in [4.78, 5) is 10.7. The van der Waals surface area contributed by atoms with E-state index in [1.165, 1.54) is 19.2 Å². The third-order valence-electron chi connectivity index (χ3n) is 2.83. The Labute approximate surface area is 121 Å². The second kappa shape index (κ2) is 6.53. The molecule has 4 nitrogen and oxygen atoms in total. The molecule has 0 spiro atoms. The molecule has 0 saturated heterocycles. The van der Waals surface area contributed by atoms with E-state index in [9.17, 15) is 9.18 Å². The molecule has 2 aromatic rings. The molecular formula is C16H12FNO3. The van der Waals surface area contributed by atoms with E-state index in [1.54, 1.807) is 18.2 Å². The van der Waals surface area contributed by atoms with Crippen LogP contribution in [-0.4, -0.2) is 13.4 Å². The zero-order valence-corrected chi connectivity index (χ0v) is 11.3. The van der Waals surface area contributed by atoms with E-state index in [0.717, 1.165) is 6.07 Å². The fraction of sp³-hybridized carbons (Fsp3) is 0.125. The predicted molar refractivity (Wildman–Crippen MR) is 73.8 cm³/mol. The van der Waals surface area contributed by atoms with Gasteiger partial charge in [0, 0.05) is 17.2 Å². The average Bonchev–Trinajstić information content (AvgIpc) is 2.51. The molecule has 0 saturated carbocycles. The standard InChI is InChI=1S/C16H12FNO3/c1-20-16-3-2-11(8-18)4-13(16)10-21-15-6-12(9-19)5-14(17)7-15/h2-7,9H,10H2,1H3. The summed E-state index contributed by atoms with van der Waals surface area (Å²) in [6.07, 6.45) is 0.548. The van der Waals surface area contributed by atoms with Crippen LogP contribution < -0.4 is 9.47 Å². The van der Waals surface area contributed by atoms with Crippen LogP contribution in [-0.2, 0) is 6.61 Å². The second-order valence-corrected chi connectivity index (χ2v) is 4.27. The van der Waals surface area contributed by atoms with Crippen LogP contribution in [0.25, 0.3) is 0 Å². The Bertz CT molecular complexity index is 707. The maximum atomic E-state index is 13.3. The maximum Gasteiger partial charge on any atom is 0.150 e. The number of aldehydes is 1. The number of ether oxygens (including phenoxy) is 2. The lowest BCUT2D eigenvalue weighted by Gasteiger charge is -2.11. The van der Waals surface area contributed by atoms with Crippen LogP contribution in [0.15, 0.2) is 36.4 Å². The van der Waals surface area contributed by atoms with E-state index in [2.05, 4.69) is 0 Å². The number of carbonyl (C=O) groups is 1. The van der Waals surface area contributed by atoms with Gasteiger partial charge in [-0.3, -0.25) is 4.79 Å². The van der Waals surface area contributed by atoms with Crippen LogP contribution in [0, 0.1) is 17.1 Å². The Morgan fingerprint density at radius 2 is 2.10 bits per heavy atom. The lowest BCUT2D eigenvalue weighted by molar-refractivity contribution is 0.112. The summed E-state index contributed by atoms with van der Waals surface area (Å²) in [6.45, 7) is 0.0977. The van der Waals surface area contributed by atoms with Gasteiger partial charge in [0.25, 0.3) is 0 Å². The Hall–Kier alpha value is -2.87. The van der Waals surface area contributed by atoms with Crippen molar-refractivity contribution >= 4 is 6.29 Å². The molecule has 5 heteroatoms. The quantitative estimate of drug-likeness (QED) is 0.792. The minimum Gasteiger partial charge on any atom is -0.496 e. The topological polar surface area (TPSA) is 59.3 Å². The molecule has 0 aromatic heterocycles. The van der Waals surface area contributed by atoms with Gasteiger partial charge in [-0.05, 0) is 30.3 Å². The zero-order chi connectivity index (χ0) is 15.2. The molecule has 0 aliphatic heterocycles. The fourth-order valence-corrected chi connectivity index (χ4v) is 1.86. The number of nitrogens with zero attached hydrogens (tertiary/aromatic N) is 1. The van der Waals surface area contributed by atoms with Crippen LogP contribution in [0.1, 0.15) is 21.5 Å². The van der Waals surface area contributed by atoms with Gasteiger partial charge >= 0.3 is 0 Å². The van der Waals surface area contributed by atoms with Gasteiger partial charge < -0.3 is 9.47 Å². The van der Waals surface area contributed by atoms with Gasteiger partial charge in [-0.15, -0.1) is 0 Å². The normalized spacial score (nSPS) is 9.76. The SMILES string of the molecule is COc1ccc(C#N)cc1COc1cc(F)cc(C=O)c1. The molecule has 0 atom stereocenters. The largest absolute Gasteiger partial charge is 0.496 e. The van der Waals surface area contributed by atoms with Gasteiger partial charge in [0.15, 0.2) is 0 Å². The molecule has 0 aliphatic rings. The average molecular weight is 285 g/mol. The molecular weight excluding hydrogens is 273 g/mol. The number of halogens is 1. The number of hydrogen-bond acceptors (Lipinski definition) is 4. The number of rotatable bonds is 5. The second-order valence-electron chi connectivity index (χ2n) is 4.27. The van der Waals surface area contributed by atoms with Crippen LogP contribution in [0.3, 0.4) is 0 Å².